The second kappa shape index (κ2) is 17.1. The summed E-state index contributed by atoms with van der Waals surface area (Å²) in [4.78, 5) is 37.3. The van der Waals surface area contributed by atoms with Crippen LogP contribution in [0.3, 0.4) is 0 Å². The first-order chi connectivity index (χ1) is 20.7. The fourth-order valence-electron chi connectivity index (χ4n) is 4.97. The summed E-state index contributed by atoms with van der Waals surface area (Å²) in [5.41, 5.74) is 1.46. The van der Waals surface area contributed by atoms with E-state index in [4.69, 9.17) is 18.9 Å². The van der Waals surface area contributed by atoms with Gasteiger partial charge in [-0.1, -0.05) is 105 Å². The van der Waals surface area contributed by atoms with Crippen molar-refractivity contribution in [3.05, 3.63) is 108 Å². The Kier molecular flexibility index (Phi) is 13.6. The van der Waals surface area contributed by atoms with E-state index in [1.54, 1.807) is 23.5 Å². The molecule has 3 atom stereocenters. The smallest absolute Gasteiger partial charge is 0.303 e. The molecule has 0 saturated carbocycles. The number of rotatable bonds is 16. The topological polar surface area (TPSA) is 88.1 Å². The van der Waals surface area contributed by atoms with E-state index in [0.717, 1.165) is 28.2 Å². The summed E-state index contributed by atoms with van der Waals surface area (Å²) in [5.74, 6) is -0.247. The Labute approximate surface area is 263 Å². The summed E-state index contributed by atoms with van der Waals surface area (Å²) in [6.07, 6.45) is -3.14. The third kappa shape index (κ3) is 9.36. The van der Waals surface area contributed by atoms with Gasteiger partial charge in [-0.25, -0.2) is 0 Å². The van der Waals surface area contributed by atoms with Gasteiger partial charge in [0.15, 0.2) is 18.3 Å². The molecular weight excluding hydrogens is 585 g/mol. The molecule has 0 N–H and O–H groups in total. The van der Waals surface area contributed by atoms with Gasteiger partial charge in [0.05, 0.1) is 11.2 Å². The fourth-order valence-corrected chi connectivity index (χ4v) is 7.63. The molecule has 0 unspecified atom stereocenters. The summed E-state index contributed by atoms with van der Waals surface area (Å²) in [6, 6.07) is 29.3. The normalized spacial score (nSPS) is 13.5. The van der Waals surface area contributed by atoms with Gasteiger partial charge in [0.2, 0.25) is 0 Å². The lowest BCUT2D eigenvalue weighted by atomic mass is 9.80. The predicted octanol–water partition coefficient (Wildman–Crippen LogP) is 6.62. The molecule has 230 valence electrons. The number of ether oxygens (including phenoxy) is 4. The highest BCUT2D eigenvalue weighted by Crippen LogP contribution is 2.41. The maximum atomic E-state index is 12.5. The minimum absolute atomic E-state index is 0.172. The third-order valence-corrected chi connectivity index (χ3v) is 9.22. The summed E-state index contributed by atoms with van der Waals surface area (Å²) >= 11 is 3.14. The molecule has 0 heterocycles. The molecule has 0 aliphatic carbocycles. The molecule has 0 aliphatic heterocycles. The average Bonchev–Trinajstić information content (AvgIpc) is 3.00. The van der Waals surface area contributed by atoms with E-state index in [0.29, 0.717) is 0 Å². The molecule has 7 nitrogen and oxygen atoms in total. The number of thioether (sulfide) groups is 2. The molecule has 0 amide bonds. The van der Waals surface area contributed by atoms with Crippen LogP contribution in [-0.2, 0) is 38.9 Å². The summed E-state index contributed by atoms with van der Waals surface area (Å²) in [5, 5.41) is 0. The fraction of sp³-hybridized carbons (Fsp3) is 0.382. The van der Waals surface area contributed by atoms with E-state index in [9.17, 15) is 14.4 Å². The van der Waals surface area contributed by atoms with Crippen molar-refractivity contribution < 1.29 is 33.3 Å². The molecule has 0 fully saturated rings. The number of esters is 3. The molecule has 0 aromatic heterocycles. The van der Waals surface area contributed by atoms with Crippen LogP contribution in [0.5, 0.6) is 0 Å². The van der Waals surface area contributed by atoms with Crippen molar-refractivity contribution in [1.29, 1.82) is 0 Å². The van der Waals surface area contributed by atoms with Crippen molar-refractivity contribution in [2.75, 3.05) is 18.1 Å². The van der Waals surface area contributed by atoms with Gasteiger partial charge in [0.1, 0.15) is 5.60 Å². The van der Waals surface area contributed by atoms with Crippen molar-refractivity contribution in [2.24, 2.45) is 0 Å². The van der Waals surface area contributed by atoms with Gasteiger partial charge in [0.25, 0.3) is 0 Å². The number of hydrogen-bond acceptors (Lipinski definition) is 9. The van der Waals surface area contributed by atoms with Gasteiger partial charge < -0.3 is 18.9 Å². The average molecular weight is 625 g/mol. The van der Waals surface area contributed by atoms with E-state index in [1.165, 1.54) is 20.8 Å². The lowest BCUT2D eigenvalue weighted by molar-refractivity contribution is -0.189. The quantitative estimate of drug-likeness (QED) is 0.0755. The lowest BCUT2D eigenvalue weighted by Crippen LogP contribution is -2.51. The lowest BCUT2D eigenvalue weighted by Gasteiger charge is -2.39. The first-order valence-electron chi connectivity index (χ1n) is 14.3. The van der Waals surface area contributed by atoms with Crippen LogP contribution < -0.4 is 0 Å². The summed E-state index contributed by atoms with van der Waals surface area (Å²) in [6.45, 7) is 7.70. The maximum Gasteiger partial charge on any atom is 0.303 e. The van der Waals surface area contributed by atoms with Crippen LogP contribution in [0.15, 0.2) is 91.0 Å². The third-order valence-electron chi connectivity index (χ3n) is 6.55. The molecule has 3 rings (SSSR count). The number of carbonyl (C=O) groups excluding carboxylic acids is 3. The first kappa shape index (κ1) is 34.2. The van der Waals surface area contributed by atoms with Gasteiger partial charge >= 0.3 is 17.9 Å². The van der Waals surface area contributed by atoms with E-state index in [2.05, 4.69) is 0 Å². The Morgan fingerprint density at radius 2 is 0.977 bits per heavy atom. The van der Waals surface area contributed by atoms with Gasteiger partial charge in [0, 0.05) is 20.8 Å². The SMILES string of the molecule is CCSC(SCC)[C@@H](OC(C)=O)[C@H](OC(C)=O)[C@@H](COC(c1ccccc1)(c1ccccc1)c1ccccc1)OC(C)=O. The van der Waals surface area contributed by atoms with Crippen LogP contribution in [0.4, 0.5) is 0 Å². The van der Waals surface area contributed by atoms with E-state index >= 15 is 0 Å². The molecule has 3 aromatic rings. The van der Waals surface area contributed by atoms with Gasteiger partial charge in [-0.15, -0.1) is 23.5 Å². The Hall–Kier alpha value is -3.27. The highest BCUT2D eigenvalue weighted by molar-refractivity contribution is 8.17. The maximum absolute atomic E-state index is 12.5. The van der Waals surface area contributed by atoms with Crippen LogP contribution in [-0.4, -0.2) is 58.9 Å². The van der Waals surface area contributed by atoms with E-state index in [-0.39, 0.29) is 11.2 Å². The molecule has 0 aliphatic rings. The van der Waals surface area contributed by atoms with Gasteiger partial charge in [-0.3, -0.25) is 14.4 Å². The van der Waals surface area contributed by atoms with Crippen molar-refractivity contribution in [1.82, 2.24) is 0 Å². The van der Waals surface area contributed by atoms with Crippen LogP contribution in [0.25, 0.3) is 0 Å². The van der Waals surface area contributed by atoms with Gasteiger partial charge in [-0.05, 0) is 28.2 Å². The Balaban J connectivity index is 2.18. The van der Waals surface area contributed by atoms with Gasteiger partial charge in [-0.2, -0.15) is 0 Å². The molecule has 0 saturated heterocycles. The highest BCUT2D eigenvalue weighted by atomic mass is 32.2. The number of benzene rings is 3. The number of carbonyl (C=O) groups is 3. The van der Waals surface area contributed by atoms with E-state index in [1.807, 2.05) is 105 Å². The molecule has 0 bridgehead atoms. The Morgan fingerprint density at radius 1 is 0.605 bits per heavy atom. The minimum atomic E-state index is -1.13. The van der Waals surface area contributed by atoms with Crippen molar-refractivity contribution in [2.45, 2.75) is 63.1 Å². The second-order valence-electron chi connectivity index (χ2n) is 9.67. The van der Waals surface area contributed by atoms with Crippen molar-refractivity contribution in [3.63, 3.8) is 0 Å². The summed E-state index contributed by atoms with van der Waals surface area (Å²) in [7, 11) is 0. The molecule has 9 heteroatoms. The zero-order valence-electron chi connectivity index (χ0n) is 25.3. The standard InChI is InChI=1S/C34H40O7S2/c1-6-42-33(43-7-2)32(41-26(5)37)31(40-25(4)36)30(39-24(3)35)23-38-34(27-17-11-8-12-18-27,28-19-13-9-14-20-28)29-21-15-10-16-22-29/h8-22,30-33H,6-7,23H2,1-5H3/t30-,31-,32+/m1/s1. The van der Waals surface area contributed by atoms with Crippen LogP contribution in [0, 0.1) is 0 Å². The van der Waals surface area contributed by atoms with Crippen molar-refractivity contribution in [3.8, 4) is 0 Å². The Bertz CT molecular complexity index is 1190. The first-order valence-corrected chi connectivity index (χ1v) is 16.4. The Morgan fingerprint density at radius 3 is 1.33 bits per heavy atom. The van der Waals surface area contributed by atoms with E-state index < -0.39 is 41.8 Å². The predicted molar refractivity (Wildman–Crippen MR) is 172 cm³/mol. The molecule has 0 spiro atoms. The van der Waals surface area contributed by atoms with Crippen LogP contribution in [0.1, 0.15) is 51.3 Å². The molecule has 43 heavy (non-hydrogen) atoms. The second-order valence-corrected chi connectivity index (χ2v) is 12.8. The summed E-state index contributed by atoms with van der Waals surface area (Å²) < 4.78 is 24.1. The zero-order valence-corrected chi connectivity index (χ0v) is 26.9. The molecular formula is C34H40O7S2. The molecule has 3 aromatic carbocycles. The number of hydrogen-bond donors (Lipinski definition) is 0. The minimum Gasteiger partial charge on any atom is -0.456 e. The zero-order chi connectivity index (χ0) is 31.2. The highest BCUT2D eigenvalue weighted by Gasteiger charge is 2.45. The van der Waals surface area contributed by atoms with Crippen molar-refractivity contribution >= 4 is 41.4 Å². The van der Waals surface area contributed by atoms with Crippen LogP contribution >= 0.6 is 23.5 Å². The monoisotopic (exact) mass is 624 g/mol. The molecule has 0 radical (unpaired) electrons. The van der Waals surface area contributed by atoms with Crippen LogP contribution in [0.2, 0.25) is 0 Å². The largest absolute Gasteiger partial charge is 0.456 e.